The highest BCUT2D eigenvalue weighted by molar-refractivity contribution is 5.77. The molecule has 2 aromatic carbocycles. The SMILES string of the molecule is NC(CC(=O)N1CCc2ccccc2C1)Cc1ccccc1F.NC=O. The monoisotopic (exact) mass is 357 g/mol. The minimum Gasteiger partial charge on any atom is -0.372 e. The number of benzene rings is 2. The van der Waals surface area contributed by atoms with Gasteiger partial charge in [0.15, 0.2) is 0 Å². The maximum Gasteiger partial charge on any atom is 0.224 e. The zero-order chi connectivity index (χ0) is 18.9. The molecule has 0 saturated carbocycles. The van der Waals surface area contributed by atoms with E-state index in [0.717, 1.165) is 13.0 Å². The quantitative estimate of drug-likeness (QED) is 0.817. The highest BCUT2D eigenvalue weighted by Crippen LogP contribution is 2.19. The molecule has 26 heavy (non-hydrogen) atoms. The van der Waals surface area contributed by atoms with Crippen LogP contribution in [0.5, 0.6) is 0 Å². The molecule has 0 spiro atoms. The predicted octanol–water partition coefficient (Wildman–Crippen LogP) is 1.77. The number of carbonyl (C=O) groups is 2. The minimum atomic E-state index is -0.364. The van der Waals surface area contributed by atoms with Gasteiger partial charge in [-0.3, -0.25) is 9.59 Å². The maximum atomic E-state index is 13.7. The van der Waals surface area contributed by atoms with E-state index in [9.17, 15) is 9.18 Å². The second-order valence-corrected chi connectivity index (χ2v) is 6.23. The molecule has 5 nitrogen and oxygen atoms in total. The summed E-state index contributed by atoms with van der Waals surface area (Å²) in [6.07, 6.45) is 1.75. The molecule has 0 aliphatic carbocycles. The number of carbonyl (C=O) groups excluding carboxylic acids is 2. The zero-order valence-electron chi connectivity index (χ0n) is 14.6. The van der Waals surface area contributed by atoms with E-state index in [-0.39, 0.29) is 30.6 Å². The second-order valence-electron chi connectivity index (χ2n) is 6.23. The molecule has 0 bridgehead atoms. The predicted molar refractivity (Wildman–Crippen MR) is 98.5 cm³/mol. The molecule has 1 aliphatic rings. The van der Waals surface area contributed by atoms with Crippen LogP contribution in [0.15, 0.2) is 48.5 Å². The van der Waals surface area contributed by atoms with Gasteiger partial charge in [0.1, 0.15) is 5.82 Å². The number of rotatable bonds is 4. The molecule has 1 aliphatic heterocycles. The molecular formula is C20H24FN3O2. The Morgan fingerprint density at radius 1 is 1.15 bits per heavy atom. The van der Waals surface area contributed by atoms with Crippen molar-refractivity contribution in [3.8, 4) is 0 Å². The van der Waals surface area contributed by atoms with Crippen molar-refractivity contribution in [3.05, 3.63) is 71.0 Å². The van der Waals surface area contributed by atoms with Gasteiger partial charge in [-0.1, -0.05) is 42.5 Å². The topological polar surface area (TPSA) is 89.4 Å². The Labute approximate surface area is 152 Å². The van der Waals surface area contributed by atoms with E-state index in [2.05, 4.69) is 17.9 Å². The number of hydrogen-bond donors (Lipinski definition) is 2. The van der Waals surface area contributed by atoms with Crippen LogP contribution in [-0.4, -0.2) is 29.8 Å². The Balaban J connectivity index is 0.000000758. The highest BCUT2D eigenvalue weighted by atomic mass is 19.1. The molecule has 4 N–H and O–H groups in total. The third-order valence-corrected chi connectivity index (χ3v) is 4.36. The lowest BCUT2D eigenvalue weighted by Crippen LogP contribution is -2.39. The molecular weight excluding hydrogens is 333 g/mol. The Morgan fingerprint density at radius 2 is 1.77 bits per heavy atom. The smallest absolute Gasteiger partial charge is 0.224 e. The fraction of sp³-hybridized carbons (Fsp3) is 0.300. The van der Waals surface area contributed by atoms with Crippen LogP contribution in [0.4, 0.5) is 4.39 Å². The van der Waals surface area contributed by atoms with Crippen molar-refractivity contribution in [2.75, 3.05) is 6.54 Å². The molecule has 1 heterocycles. The number of fused-ring (bicyclic) bond motifs is 1. The number of halogens is 1. The molecule has 0 saturated heterocycles. The van der Waals surface area contributed by atoms with Gasteiger partial charge in [-0.05, 0) is 35.6 Å². The van der Waals surface area contributed by atoms with Crippen molar-refractivity contribution in [2.24, 2.45) is 11.5 Å². The van der Waals surface area contributed by atoms with Gasteiger partial charge in [0, 0.05) is 25.6 Å². The van der Waals surface area contributed by atoms with E-state index in [0.29, 0.717) is 18.5 Å². The molecule has 0 aromatic heterocycles. The first-order chi connectivity index (χ1) is 12.5. The Morgan fingerprint density at radius 3 is 2.46 bits per heavy atom. The first kappa shape index (κ1) is 19.6. The van der Waals surface area contributed by atoms with E-state index in [1.807, 2.05) is 17.0 Å². The summed E-state index contributed by atoms with van der Waals surface area (Å²) in [6.45, 7) is 1.36. The second kappa shape index (κ2) is 9.68. The lowest BCUT2D eigenvalue weighted by molar-refractivity contribution is -0.132. The van der Waals surface area contributed by atoms with Gasteiger partial charge in [-0.25, -0.2) is 4.39 Å². The van der Waals surface area contributed by atoms with Crippen LogP contribution in [0.3, 0.4) is 0 Å². The molecule has 1 atom stereocenters. The van der Waals surface area contributed by atoms with E-state index in [1.165, 1.54) is 17.2 Å². The van der Waals surface area contributed by atoms with E-state index < -0.39 is 0 Å². The van der Waals surface area contributed by atoms with Gasteiger partial charge in [0.25, 0.3) is 0 Å². The average Bonchev–Trinajstić information content (AvgIpc) is 2.64. The number of hydrogen-bond acceptors (Lipinski definition) is 3. The third kappa shape index (κ3) is 5.39. The fourth-order valence-electron chi connectivity index (χ4n) is 3.08. The maximum absolute atomic E-state index is 13.7. The van der Waals surface area contributed by atoms with E-state index in [1.54, 1.807) is 18.2 Å². The van der Waals surface area contributed by atoms with Gasteiger partial charge in [-0.2, -0.15) is 0 Å². The molecule has 3 rings (SSSR count). The van der Waals surface area contributed by atoms with Crippen LogP contribution in [-0.2, 0) is 29.0 Å². The summed E-state index contributed by atoms with van der Waals surface area (Å²) >= 11 is 0. The Kier molecular flexibility index (Phi) is 7.29. The lowest BCUT2D eigenvalue weighted by atomic mass is 9.98. The summed E-state index contributed by atoms with van der Waals surface area (Å²) in [4.78, 5) is 22.9. The highest BCUT2D eigenvalue weighted by Gasteiger charge is 2.22. The van der Waals surface area contributed by atoms with Crippen molar-refractivity contribution in [1.82, 2.24) is 4.90 Å². The van der Waals surface area contributed by atoms with E-state index >= 15 is 0 Å². The number of nitrogens with two attached hydrogens (primary N) is 2. The summed E-state index contributed by atoms with van der Waals surface area (Å²) in [7, 11) is 0. The summed E-state index contributed by atoms with van der Waals surface area (Å²) in [5.41, 5.74) is 13.3. The normalized spacial score (nSPS) is 13.8. The summed E-state index contributed by atoms with van der Waals surface area (Å²) in [5.74, 6) is -0.217. The summed E-state index contributed by atoms with van der Waals surface area (Å²) < 4.78 is 13.7. The Hall–Kier alpha value is -2.73. The van der Waals surface area contributed by atoms with Gasteiger partial charge in [0.05, 0.1) is 0 Å². The third-order valence-electron chi connectivity index (χ3n) is 4.36. The molecule has 138 valence electrons. The van der Waals surface area contributed by atoms with Gasteiger partial charge in [-0.15, -0.1) is 0 Å². The molecule has 0 radical (unpaired) electrons. The lowest BCUT2D eigenvalue weighted by Gasteiger charge is -2.29. The summed E-state index contributed by atoms with van der Waals surface area (Å²) in [6, 6.07) is 14.4. The van der Waals surface area contributed by atoms with Crippen LogP contribution in [0, 0.1) is 5.82 Å². The zero-order valence-corrected chi connectivity index (χ0v) is 14.6. The van der Waals surface area contributed by atoms with Gasteiger partial charge < -0.3 is 16.4 Å². The number of nitrogens with zero attached hydrogens (tertiary/aromatic N) is 1. The standard InChI is InChI=1S/C19H21FN2O.CH3NO/c20-18-8-4-3-6-15(18)11-17(21)12-19(23)22-10-9-14-5-1-2-7-16(14)13-22;2-1-3/h1-8,17H,9-13,21H2;1H,(H2,2,3). The van der Waals surface area contributed by atoms with Crippen LogP contribution >= 0.6 is 0 Å². The molecule has 2 amide bonds. The van der Waals surface area contributed by atoms with Crippen LogP contribution in [0.25, 0.3) is 0 Å². The van der Waals surface area contributed by atoms with E-state index in [4.69, 9.17) is 10.5 Å². The summed E-state index contributed by atoms with van der Waals surface area (Å²) in [5, 5.41) is 0. The first-order valence-corrected chi connectivity index (χ1v) is 8.54. The Bertz CT molecular complexity index is 751. The van der Waals surface area contributed by atoms with Crippen LogP contribution in [0.2, 0.25) is 0 Å². The first-order valence-electron chi connectivity index (χ1n) is 8.54. The largest absolute Gasteiger partial charge is 0.372 e. The van der Waals surface area contributed by atoms with Crippen LogP contribution < -0.4 is 11.5 Å². The average molecular weight is 357 g/mol. The number of amides is 2. The van der Waals surface area contributed by atoms with Crippen molar-refractivity contribution in [1.29, 1.82) is 0 Å². The molecule has 0 fully saturated rings. The van der Waals surface area contributed by atoms with Gasteiger partial charge in [0.2, 0.25) is 12.3 Å². The number of primary amides is 1. The van der Waals surface area contributed by atoms with Gasteiger partial charge >= 0.3 is 0 Å². The van der Waals surface area contributed by atoms with Crippen molar-refractivity contribution in [3.63, 3.8) is 0 Å². The van der Waals surface area contributed by atoms with Crippen molar-refractivity contribution < 1.29 is 14.0 Å². The molecule has 2 aromatic rings. The van der Waals surface area contributed by atoms with Crippen molar-refractivity contribution >= 4 is 12.3 Å². The minimum absolute atomic E-state index is 0.0448. The van der Waals surface area contributed by atoms with Crippen LogP contribution in [0.1, 0.15) is 23.1 Å². The fourth-order valence-corrected chi connectivity index (χ4v) is 3.08. The molecule has 6 heteroatoms. The van der Waals surface area contributed by atoms with Crippen molar-refractivity contribution in [2.45, 2.75) is 31.8 Å². The molecule has 1 unspecified atom stereocenters.